The highest BCUT2D eigenvalue weighted by Crippen LogP contribution is 2.19. The van der Waals surface area contributed by atoms with Crippen molar-refractivity contribution in [2.75, 3.05) is 16.8 Å². The second kappa shape index (κ2) is 4.64. The van der Waals surface area contributed by atoms with Crippen LogP contribution in [-0.4, -0.2) is 27.5 Å². The van der Waals surface area contributed by atoms with Crippen LogP contribution in [0.2, 0.25) is 0 Å². The fraction of sp³-hybridized carbons (Fsp3) is 0.600. The Bertz CT molecular complexity index is 297. The molecule has 0 radical (unpaired) electrons. The molecule has 1 aromatic rings. The second-order valence-electron chi connectivity index (χ2n) is 3.58. The van der Waals surface area contributed by atoms with Gasteiger partial charge in [0, 0.05) is 17.8 Å². The van der Waals surface area contributed by atoms with Crippen molar-refractivity contribution in [3.63, 3.8) is 0 Å². The first-order valence-corrected chi connectivity index (χ1v) is 6.13. The number of nitrogens with zero attached hydrogens (tertiary/aromatic N) is 2. The lowest BCUT2D eigenvalue weighted by Gasteiger charge is -2.22. The topological polar surface area (TPSA) is 37.8 Å². The zero-order valence-electron chi connectivity index (χ0n) is 8.36. The fourth-order valence-electron chi connectivity index (χ4n) is 1.58. The predicted molar refractivity (Wildman–Crippen MR) is 60.7 cm³/mol. The van der Waals surface area contributed by atoms with E-state index >= 15 is 0 Å². The van der Waals surface area contributed by atoms with E-state index in [0.29, 0.717) is 6.04 Å². The molecule has 0 saturated carbocycles. The Hall–Kier alpha value is -0.770. The molecule has 1 N–H and O–H groups in total. The first-order chi connectivity index (χ1) is 6.84. The molecule has 1 aliphatic heterocycles. The van der Waals surface area contributed by atoms with Crippen LogP contribution in [-0.2, 0) is 0 Å². The molecule has 1 saturated heterocycles. The summed E-state index contributed by atoms with van der Waals surface area (Å²) in [5, 5.41) is 3.46. The van der Waals surface area contributed by atoms with Gasteiger partial charge in [-0.1, -0.05) is 0 Å². The van der Waals surface area contributed by atoms with Crippen LogP contribution in [0.15, 0.2) is 12.4 Å². The van der Waals surface area contributed by atoms with Crippen LogP contribution in [0.1, 0.15) is 18.5 Å². The quantitative estimate of drug-likeness (QED) is 0.809. The number of anilines is 1. The van der Waals surface area contributed by atoms with Crippen molar-refractivity contribution in [3.8, 4) is 0 Å². The van der Waals surface area contributed by atoms with Crippen LogP contribution in [0.25, 0.3) is 0 Å². The minimum atomic E-state index is 0.602. The summed E-state index contributed by atoms with van der Waals surface area (Å²) in [6.07, 6.45) is 4.11. The Balaban J connectivity index is 1.95. The maximum Gasteiger partial charge on any atom is 0.129 e. The van der Waals surface area contributed by atoms with Crippen molar-refractivity contribution in [2.24, 2.45) is 0 Å². The number of aryl methyl sites for hydroxylation is 1. The van der Waals surface area contributed by atoms with Gasteiger partial charge in [0.25, 0.3) is 0 Å². The first kappa shape index (κ1) is 9.77. The molecule has 1 aliphatic rings. The minimum Gasteiger partial charge on any atom is -0.367 e. The number of hydrogen-bond donors (Lipinski definition) is 1. The molecule has 3 nitrogen and oxygen atoms in total. The highest BCUT2D eigenvalue weighted by Gasteiger charge is 2.13. The van der Waals surface area contributed by atoms with Crippen molar-refractivity contribution >= 4 is 17.6 Å². The van der Waals surface area contributed by atoms with Crippen LogP contribution in [0.5, 0.6) is 0 Å². The van der Waals surface area contributed by atoms with Crippen molar-refractivity contribution < 1.29 is 0 Å². The normalized spacial score (nSPS) is 18.1. The second-order valence-corrected chi connectivity index (χ2v) is 4.80. The highest BCUT2D eigenvalue weighted by molar-refractivity contribution is 7.99. The largest absolute Gasteiger partial charge is 0.367 e. The lowest BCUT2D eigenvalue weighted by molar-refractivity contribution is 0.663. The Morgan fingerprint density at radius 3 is 2.86 bits per heavy atom. The minimum absolute atomic E-state index is 0.602. The summed E-state index contributed by atoms with van der Waals surface area (Å²) >= 11 is 2.04. The smallest absolute Gasteiger partial charge is 0.129 e. The lowest BCUT2D eigenvalue weighted by Crippen LogP contribution is -2.24. The number of rotatable bonds is 2. The van der Waals surface area contributed by atoms with Crippen LogP contribution >= 0.6 is 11.8 Å². The number of nitrogens with one attached hydrogen (secondary N) is 1. The molecule has 1 fully saturated rings. The van der Waals surface area contributed by atoms with Crippen molar-refractivity contribution in [3.05, 3.63) is 18.1 Å². The van der Waals surface area contributed by atoms with Crippen molar-refractivity contribution in [1.82, 2.24) is 9.97 Å². The summed E-state index contributed by atoms with van der Waals surface area (Å²) in [6, 6.07) is 2.60. The third kappa shape index (κ3) is 2.61. The van der Waals surface area contributed by atoms with Gasteiger partial charge >= 0.3 is 0 Å². The average Bonchev–Trinajstić information content (AvgIpc) is 2.19. The maximum atomic E-state index is 4.20. The lowest BCUT2D eigenvalue weighted by atomic mass is 10.1. The van der Waals surface area contributed by atoms with E-state index in [9.17, 15) is 0 Å². The van der Waals surface area contributed by atoms with E-state index in [4.69, 9.17) is 0 Å². The number of thioether (sulfide) groups is 1. The van der Waals surface area contributed by atoms with E-state index in [1.807, 2.05) is 24.8 Å². The molecule has 0 unspecified atom stereocenters. The van der Waals surface area contributed by atoms with Gasteiger partial charge in [-0.3, -0.25) is 0 Å². The van der Waals surface area contributed by atoms with Crippen LogP contribution in [0.4, 0.5) is 5.82 Å². The summed E-state index contributed by atoms with van der Waals surface area (Å²) < 4.78 is 0. The molecule has 0 aliphatic carbocycles. The summed E-state index contributed by atoms with van der Waals surface area (Å²) in [4.78, 5) is 8.28. The van der Waals surface area contributed by atoms with Crippen LogP contribution in [0.3, 0.4) is 0 Å². The molecule has 2 rings (SSSR count). The van der Waals surface area contributed by atoms with Crippen molar-refractivity contribution in [2.45, 2.75) is 25.8 Å². The monoisotopic (exact) mass is 209 g/mol. The van der Waals surface area contributed by atoms with Gasteiger partial charge in [-0.15, -0.1) is 0 Å². The molecule has 76 valence electrons. The van der Waals surface area contributed by atoms with Gasteiger partial charge in [0.15, 0.2) is 0 Å². The Morgan fingerprint density at radius 1 is 1.36 bits per heavy atom. The molecule has 1 aromatic heterocycles. The SMILES string of the molecule is Cc1cc(NC2CCSCC2)ncn1. The van der Waals surface area contributed by atoms with E-state index in [1.54, 1.807) is 6.33 Å². The first-order valence-electron chi connectivity index (χ1n) is 4.97. The molecule has 14 heavy (non-hydrogen) atoms. The summed E-state index contributed by atoms with van der Waals surface area (Å²) in [7, 11) is 0. The van der Waals surface area contributed by atoms with E-state index < -0.39 is 0 Å². The number of aromatic nitrogens is 2. The Labute approximate surface area is 88.7 Å². The van der Waals surface area contributed by atoms with Crippen LogP contribution in [0, 0.1) is 6.92 Å². The summed E-state index contributed by atoms with van der Waals surface area (Å²) in [5.74, 6) is 3.50. The Morgan fingerprint density at radius 2 is 2.14 bits per heavy atom. The summed E-state index contributed by atoms with van der Waals surface area (Å²) in [5.41, 5.74) is 1.02. The standard InChI is InChI=1S/C10H15N3S/c1-8-6-10(12-7-11-8)13-9-2-4-14-5-3-9/h6-7,9H,2-5H2,1H3,(H,11,12,13). The summed E-state index contributed by atoms with van der Waals surface area (Å²) in [6.45, 7) is 1.99. The fourth-order valence-corrected chi connectivity index (χ4v) is 2.69. The van der Waals surface area contributed by atoms with Gasteiger partial charge in [0.2, 0.25) is 0 Å². The molecule has 0 aromatic carbocycles. The molecule has 0 amide bonds. The predicted octanol–water partition coefficient (Wildman–Crippen LogP) is 2.09. The van der Waals surface area contributed by atoms with Gasteiger partial charge < -0.3 is 5.32 Å². The van der Waals surface area contributed by atoms with Gasteiger partial charge in [-0.05, 0) is 31.3 Å². The van der Waals surface area contributed by atoms with Crippen LogP contribution < -0.4 is 5.32 Å². The maximum absolute atomic E-state index is 4.20. The van der Waals surface area contributed by atoms with Gasteiger partial charge in [-0.25, -0.2) is 9.97 Å². The van der Waals surface area contributed by atoms with Gasteiger partial charge in [0.05, 0.1) is 0 Å². The van der Waals surface area contributed by atoms with Gasteiger partial charge in [-0.2, -0.15) is 11.8 Å². The van der Waals surface area contributed by atoms with E-state index in [2.05, 4.69) is 15.3 Å². The molecular weight excluding hydrogens is 194 g/mol. The van der Waals surface area contributed by atoms with E-state index in [-0.39, 0.29) is 0 Å². The molecular formula is C10H15N3S. The molecule has 4 heteroatoms. The third-order valence-electron chi connectivity index (χ3n) is 2.38. The molecule has 0 spiro atoms. The number of hydrogen-bond acceptors (Lipinski definition) is 4. The average molecular weight is 209 g/mol. The van der Waals surface area contributed by atoms with Crippen molar-refractivity contribution in [1.29, 1.82) is 0 Å². The third-order valence-corrected chi connectivity index (χ3v) is 3.43. The molecule has 2 heterocycles. The Kier molecular flexibility index (Phi) is 3.24. The molecule has 0 bridgehead atoms. The molecule has 0 atom stereocenters. The van der Waals surface area contributed by atoms with E-state index in [1.165, 1.54) is 24.3 Å². The zero-order valence-corrected chi connectivity index (χ0v) is 9.18. The van der Waals surface area contributed by atoms with E-state index in [0.717, 1.165) is 11.5 Å². The van der Waals surface area contributed by atoms with Gasteiger partial charge in [0.1, 0.15) is 12.1 Å². The zero-order chi connectivity index (χ0) is 9.80. The highest BCUT2D eigenvalue weighted by atomic mass is 32.2.